The van der Waals surface area contributed by atoms with E-state index in [4.69, 9.17) is 5.73 Å². The first kappa shape index (κ1) is 14.4. The Balaban J connectivity index is 1.96. The second kappa shape index (κ2) is 6.06. The summed E-state index contributed by atoms with van der Waals surface area (Å²) in [4.78, 5) is 10.7. The van der Waals surface area contributed by atoms with E-state index in [1.54, 1.807) is 18.2 Å². The van der Waals surface area contributed by atoms with Crippen LogP contribution < -0.4 is 11.2 Å². The fourth-order valence-electron chi connectivity index (χ4n) is 2.08. The van der Waals surface area contributed by atoms with Crippen LogP contribution in [-0.4, -0.2) is 22.2 Å². The van der Waals surface area contributed by atoms with Crippen LogP contribution in [-0.2, 0) is 0 Å². The maximum atomic E-state index is 11.2. The average molecular weight is 308 g/mol. The van der Waals surface area contributed by atoms with Gasteiger partial charge >= 0.3 is 0 Å². The lowest BCUT2D eigenvalue weighted by molar-refractivity contribution is -0.385. The van der Waals surface area contributed by atoms with Crippen molar-refractivity contribution in [2.24, 2.45) is 21.0 Å². The van der Waals surface area contributed by atoms with E-state index in [9.17, 15) is 10.1 Å². The van der Waals surface area contributed by atoms with Gasteiger partial charge in [0.15, 0.2) is 11.5 Å². The Morgan fingerprint density at radius 1 is 1.04 bits per heavy atom. The number of anilines is 1. The van der Waals surface area contributed by atoms with Gasteiger partial charge in [-0.3, -0.25) is 15.5 Å². The second-order valence-corrected chi connectivity index (χ2v) is 4.65. The molecule has 0 aromatic heterocycles. The number of hydrazone groups is 1. The van der Waals surface area contributed by atoms with Gasteiger partial charge in [-0.25, -0.2) is 0 Å². The highest BCUT2D eigenvalue weighted by Crippen LogP contribution is 2.21. The van der Waals surface area contributed by atoms with Gasteiger partial charge in [-0.1, -0.05) is 30.3 Å². The number of nitro benzene ring substituents is 1. The van der Waals surface area contributed by atoms with E-state index in [1.165, 1.54) is 6.07 Å². The highest BCUT2D eigenvalue weighted by atomic mass is 16.6. The lowest BCUT2D eigenvalue weighted by atomic mass is 10.0. The molecule has 0 bridgehead atoms. The fraction of sp³-hybridized carbons (Fsp3) is 0. The lowest BCUT2D eigenvalue weighted by Crippen LogP contribution is -2.29. The molecule has 1 aliphatic heterocycles. The number of nitro groups is 1. The molecule has 1 heterocycles. The van der Waals surface area contributed by atoms with Crippen LogP contribution in [0.25, 0.3) is 0 Å². The Labute approximate surface area is 131 Å². The zero-order valence-electron chi connectivity index (χ0n) is 11.9. The van der Waals surface area contributed by atoms with Gasteiger partial charge in [0.05, 0.1) is 16.2 Å². The summed E-state index contributed by atoms with van der Waals surface area (Å²) < 4.78 is 0. The monoisotopic (exact) mass is 308 g/mol. The third-order valence-corrected chi connectivity index (χ3v) is 3.15. The summed E-state index contributed by atoms with van der Waals surface area (Å²) in [7, 11) is 0. The van der Waals surface area contributed by atoms with Crippen LogP contribution in [0.15, 0.2) is 69.9 Å². The summed E-state index contributed by atoms with van der Waals surface area (Å²) >= 11 is 0. The Bertz CT molecular complexity index is 842. The molecule has 0 spiro atoms. The minimum absolute atomic E-state index is 0.0800. The second-order valence-electron chi connectivity index (χ2n) is 4.65. The number of para-hydroxylation sites is 2. The van der Waals surface area contributed by atoms with Gasteiger partial charge in [-0.2, -0.15) is 5.10 Å². The molecule has 0 saturated carbocycles. The molecule has 2 aromatic rings. The first-order valence-corrected chi connectivity index (χ1v) is 6.71. The van der Waals surface area contributed by atoms with Crippen molar-refractivity contribution in [2.45, 2.75) is 0 Å². The van der Waals surface area contributed by atoms with E-state index in [0.29, 0.717) is 5.56 Å². The number of hydrogen-bond donors (Lipinski definition) is 2. The van der Waals surface area contributed by atoms with Crippen LogP contribution in [0.4, 0.5) is 11.4 Å². The number of nitrogens with one attached hydrogen (secondary N) is 1. The zero-order chi connectivity index (χ0) is 16.2. The van der Waals surface area contributed by atoms with E-state index in [1.807, 2.05) is 30.3 Å². The Kier molecular flexibility index (Phi) is 3.79. The van der Waals surface area contributed by atoms with E-state index in [2.05, 4.69) is 20.7 Å². The standard InChI is InChI=1S/C15H12N6O2/c16-15-14(19-17-10-6-2-1-3-7-10)13(18-20-15)11-8-4-5-9-12(11)21(22)23/h1-9,17H,(H2,16,19,20). The summed E-state index contributed by atoms with van der Waals surface area (Å²) in [6.07, 6.45) is 0. The number of hydrogen-bond acceptors (Lipinski definition) is 7. The van der Waals surface area contributed by atoms with Crippen LogP contribution in [0, 0.1) is 10.1 Å². The number of amidine groups is 1. The highest BCUT2D eigenvalue weighted by Gasteiger charge is 2.27. The molecule has 0 saturated heterocycles. The molecule has 3 N–H and O–H groups in total. The summed E-state index contributed by atoms with van der Waals surface area (Å²) in [6.45, 7) is 0. The minimum atomic E-state index is -0.478. The maximum Gasteiger partial charge on any atom is 0.278 e. The van der Waals surface area contributed by atoms with Crippen LogP contribution in [0.1, 0.15) is 5.56 Å². The van der Waals surface area contributed by atoms with Gasteiger partial charge in [0, 0.05) is 6.07 Å². The number of nitrogens with two attached hydrogens (primary N) is 1. The van der Waals surface area contributed by atoms with Crippen molar-refractivity contribution < 1.29 is 4.92 Å². The molecule has 3 rings (SSSR count). The normalized spacial score (nSPS) is 15.2. The van der Waals surface area contributed by atoms with Crippen LogP contribution in [0.5, 0.6) is 0 Å². The van der Waals surface area contributed by atoms with E-state index >= 15 is 0 Å². The van der Waals surface area contributed by atoms with Crippen molar-refractivity contribution in [1.29, 1.82) is 0 Å². The van der Waals surface area contributed by atoms with Crippen molar-refractivity contribution in [3.05, 3.63) is 70.3 Å². The number of nitrogens with zero attached hydrogens (tertiary/aromatic N) is 4. The number of rotatable bonds is 4. The molecule has 0 fully saturated rings. The van der Waals surface area contributed by atoms with Gasteiger partial charge < -0.3 is 5.73 Å². The molecule has 0 atom stereocenters. The van der Waals surface area contributed by atoms with E-state index < -0.39 is 4.92 Å². The molecule has 0 unspecified atom stereocenters. The van der Waals surface area contributed by atoms with Crippen LogP contribution in [0.3, 0.4) is 0 Å². The third-order valence-electron chi connectivity index (χ3n) is 3.15. The maximum absolute atomic E-state index is 11.2. The van der Waals surface area contributed by atoms with E-state index in [0.717, 1.165) is 5.69 Å². The molecular weight excluding hydrogens is 296 g/mol. The summed E-state index contributed by atoms with van der Waals surface area (Å²) in [5, 5.41) is 23.1. The first-order chi connectivity index (χ1) is 11.2. The predicted octanol–water partition coefficient (Wildman–Crippen LogP) is 2.14. The SMILES string of the molecule is NC1=NN=C(c2ccccc2[N+](=O)[O-])/C1=N\Nc1ccccc1. The third kappa shape index (κ3) is 2.91. The lowest BCUT2D eigenvalue weighted by Gasteiger charge is -2.05. The molecule has 8 heteroatoms. The molecule has 8 nitrogen and oxygen atoms in total. The van der Waals surface area contributed by atoms with E-state index in [-0.39, 0.29) is 22.9 Å². The van der Waals surface area contributed by atoms with Crippen molar-refractivity contribution in [1.82, 2.24) is 0 Å². The van der Waals surface area contributed by atoms with Gasteiger partial charge in [0.2, 0.25) is 0 Å². The molecule has 0 aliphatic carbocycles. The molecule has 2 aromatic carbocycles. The summed E-state index contributed by atoms with van der Waals surface area (Å²) in [6, 6.07) is 15.5. The fourth-order valence-corrected chi connectivity index (χ4v) is 2.08. The van der Waals surface area contributed by atoms with Crippen LogP contribution >= 0.6 is 0 Å². The van der Waals surface area contributed by atoms with Gasteiger partial charge in [0.1, 0.15) is 5.71 Å². The summed E-state index contributed by atoms with van der Waals surface area (Å²) in [5.74, 6) is 0.0987. The molecule has 1 aliphatic rings. The Hall–Kier alpha value is -3.55. The largest absolute Gasteiger partial charge is 0.380 e. The van der Waals surface area contributed by atoms with Gasteiger partial charge in [-0.05, 0) is 18.2 Å². The average Bonchev–Trinajstić information content (AvgIpc) is 2.94. The molecule has 114 valence electrons. The number of benzene rings is 2. The predicted molar refractivity (Wildman–Crippen MR) is 88.8 cm³/mol. The molecule has 0 radical (unpaired) electrons. The van der Waals surface area contributed by atoms with Crippen molar-refractivity contribution in [3.8, 4) is 0 Å². The first-order valence-electron chi connectivity index (χ1n) is 6.71. The van der Waals surface area contributed by atoms with Crippen molar-refractivity contribution in [3.63, 3.8) is 0 Å². The van der Waals surface area contributed by atoms with Gasteiger partial charge in [0.25, 0.3) is 5.69 Å². The van der Waals surface area contributed by atoms with Crippen LogP contribution in [0.2, 0.25) is 0 Å². The summed E-state index contributed by atoms with van der Waals surface area (Å²) in [5.41, 5.74) is 10.1. The highest BCUT2D eigenvalue weighted by molar-refractivity contribution is 6.72. The Morgan fingerprint density at radius 2 is 1.74 bits per heavy atom. The molecule has 23 heavy (non-hydrogen) atoms. The molecule has 0 amide bonds. The Morgan fingerprint density at radius 3 is 2.48 bits per heavy atom. The van der Waals surface area contributed by atoms with Crippen molar-refractivity contribution in [2.75, 3.05) is 5.43 Å². The van der Waals surface area contributed by atoms with Gasteiger partial charge in [-0.15, -0.1) is 10.2 Å². The zero-order valence-corrected chi connectivity index (χ0v) is 11.9. The smallest absolute Gasteiger partial charge is 0.278 e. The quantitative estimate of drug-likeness (QED) is 0.664. The molecular formula is C15H12N6O2. The topological polar surface area (TPSA) is 118 Å². The van der Waals surface area contributed by atoms with Crippen molar-refractivity contribution >= 4 is 28.6 Å². The minimum Gasteiger partial charge on any atom is -0.380 e.